The van der Waals surface area contributed by atoms with Crippen molar-refractivity contribution in [2.45, 2.75) is 0 Å². The van der Waals surface area contributed by atoms with Crippen LogP contribution in [0.15, 0.2) is 41.1 Å². The Labute approximate surface area is 126 Å². The summed E-state index contributed by atoms with van der Waals surface area (Å²) < 4.78 is 15.5. The van der Waals surface area contributed by atoms with Gasteiger partial charge in [0, 0.05) is 6.20 Å². The minimum atomic E-state index is -0.0619. The largest absolute Gasteiger partial charge is 0.504 e. The lowest BCUT2D eigenvalue weighted by atomic mass is 10.2. The molecular formula is C15H13N3O4. The Bertz CT molecular complexity index is 801. The highest BCUT2D eigenvalue weighted by molar-refractivity contribution is 5.68. The van der Waals surface area contributed by atoms with E-state index in [-0.39, 0.29) is 17.5 Å². The number of benzene rings is 1. The molecule has 22 heavy (non-hydrogen) atoms. The monoisotopic (exact) mass is 299 g/mol. The molecule has 0 saturated carbocycles. The fourth-order valence-electron chi connectivity index (χ4n) is 2.01. The van der Waals surface area contributed by atoms with Gasteiger partial charge in [-0.15, -0.1) is 0 Å². The van der Waals surface area contributed by atoms with Crippen LogP contribution in [0, 0.1) is 0 Å². The molecule has 3 aromatic rings. The third-order valence-electron chi connectivity index (χ3n) is 3.08. The number of rotatable bonds is 4. The number of para-hydroxylation sites is 1. The normalized spacial score (nSPS) is 10.5. The van der Waals surface area contributed by atoms with E-state index in [9.17, 15) is 5.11 Å². The molecule has 1 N–H and O–H groups in total. The third kappa shape index (κ3) is 2.32. The molecule has 0 saturated heterocycles. The zero-order valence-corrected chi connectivity index (χ0v) is 12.0. The second kappa shape index (κ2) is 5.72. The SMILES string of the molecule is COc1cccnc1-c1noc(-c2cccc(OC)c2O)n1. The Morgan fingerprint density at radius 1 is 1.05 bits per heavy atom. The summed E-state index contributed by atoms with van der Waals surface area (Å²) in [6, 6.07) is 8.51. The van der Waals surface area contributed by atoms with Crippen molar-refractivity contribution in [3.63, 3.8) is 0 Å². The van der Waals surface area contributed by atoms with Crippen molar-refractivity contribution in [3.05, 3.63) is 36.5 Å². The van der Waals surface area contributed by atoms with Crippen LogP contribution in [-0.4, -0.2) is 34.5 Å². The first-order valence-electron chi connectivity index (χ1n) is 6.44. The second-order valence-corrected chi connectivity index (χ2v) is 4.33. The molecule has 0 aliphatic heterocycles. The van der Waals surface area contributed by atoms with E-state index in [1.165, 1.54) is 14.2 Å². The highest BCUT2D eigenvalue weighted by atomic mass is 16.5. The van der Waals surface area contributed by atoms with E-state index in [0.717, 1.165) is 0 Å². The molecule has 2 heterocycles. The predicted octanol–water partition coefficient (Wildman–Crippen LogP) is 2.52. The average Bonchev–Trinajstić information content (AvgIpc) is 3.04. The molecule has 0 spiro atoms. The van der Waals surface area contributed by atoms with E-state index in [1.807, 2.05) is 0 Å². The first-order chi connectivity index (χ1) is 10.7. The maximum Gasteiger partial charge on any atom is 0.262 e. The van der Waals surface area contributed by atoms with Gasteiger partial charge in [0.1, 0.15) is 5.75 Å². The minimum absolute atomic E-state index is 0.0619. The Morgan fingerprint density at radius 3 is 2.59 bits per heavy atom. The zero-order valence-electron chi connectivity index (χ0n) is 12.0. The van der Waals surface area contributed by atoms with Crippen molar-refractivity contribution in [3.8, 4) is 40.2 Å². The lowest BCUT2D eigenvalue weighted by molar-refractivity contribution is 0.371. The standard InChI is InChI=1S/C15H13N3O4/c1-20-10-7-4-8-16-12(10)14-17-15(22-18-14)9-5-3-6-11(21-2)13(9)19/h3-8,19H,1-2H3. The molecule has 0 radical (unpaired) electrons. The minimum Gasteiger partial charge on any atom is -0.504 e. The summed E-state index contributed by atoms with van der Waals surface area (Å²) >= 11 is 0. The molecule has 0 bridgehead atoms. The number of methoxy groups -OCH3 is 2. The van der Waals surface area contributed by atoms with Gasteiger partial charge in [-0.25, -0.2) is 4.98 Å². The number of hydrogen-bond acceptors (Lipinski definition) is 7. The number of ether oxygens (including phenoxy) is 2. The Hall–Kier alpha value is -3.09. The molecule has 0 unspecified atom stereocenters. The van der Waals surface area contributed by atoms with Gasteiger partial charge in [-0.3, -0.25) is 0 Å². The third-order valence-corrected chi connectivity index (χ3v) is 3.08. The van der Waals surface area contributed by atoms with Crippen molar-refractivity contribution < 1.29 is 19.1 Å². The van der Waals surface area contributed by atoms with E-state index in [1.54, 1.807) is 36.5 Å². The van der Waals surface area contributed by atoms with Crippen molar-refractivity contribution in [1.82, 2.24) is 15.1 Å². The molecule has 2 aromatic heterocycles. The molecule has 0 atom stereocenters. The number of hydrogen-bond donors (Lipinski definition) is 1. The summed E-state index contributed by atoms with van der Waals surface area (Å²) in [7, 11) is 3.01. The Kier molecular flexibility index (Phi) is 3.61. The van der Waals surface area contributed by atoms with E-state index in [2.05, 4.69) is 15.1 Å². The highest BCUT2D eigenvalue weighted by Gasteiger charge is 2.19. The maximum absolute atomic E-state index is 10.1. The molecule has 0 fully saturated rings. The number of aromatic hydroxyl groups is 1. The number of phenols is 1. The highest BCUT2D eigenvalue weighted by Crippen LogP contribution is 2.37. The van der Waals surface area contributed by atoms with Crippen molar-refractivity contribution in [1.29, 1.82) is 0 Å². The van der Waals surface area contributed by atoms with Gasteiger partial charge in [0.05, 0.1) is 19.8 Å². The summed E-state index contributed by atoms with van der Waals surface area (Å²) in [5.74, 6) is 1.24. The van der Waals surface area contributed by atoms with Crippen molar-refractivity contribution in [2.75, 3.05) is 14.2 Å². The molecule has 7 nitrogen and oxygen atoms in total. The summed E-state index contributed by atoms with van der Waals surface area (Å²) in [6.07, 6.45) is 1.61. The molecule has 0 aliphatic carbocycles. The first-order valence-corrected chi connectivity index (χ1v) is 6.44. The molecule has 1 aromatic carbocycles. The smallest absolute Gasteiger partial charge is 0.262 e. The van der Waals surface area contributed by atoms with Gasteiger partial charge in [-0.1, -0.05) is 11.2 Å². The van der Waals surface area contributed by atoms with E-state index >= 15 is 0 Å². The van der Waals surface area contributed by atoms with Crippen LogP contribution >= 0.6 is 0 Å². The summed E-state index contributed by atoms with van der Waals surface area (Å²) in [4.78, 5) is 8.45. The number of phenolic OH excluding ortho intramolecular Hbond substituents is 1. The van der Waals surface area contributed by atoms with Crippen LogP contribution in [0.4, 0.5) is 0 Å². The molecule has 3 rings (SSSR count). The van der Waals surface area contributed by atoms with Crippen LogP contribution in [0.25, 0.3) is 23.0 Å². The van der Waals surface area contributed by atoms with Gasteiger partial charge >= 0.3 is 0 Å². The molecule has 0 aliphatic rings. The fraction of sp³-hybridized carbons (Fsp3) is 0.133. The van der Waals surface area contributed by atoms with E-state index < -0.39 is 0 Å². The van der Waals surface area contributed by atoms with Crippen molar-refractivity contribution in [2.24, 2.45) is 0 Å². The average molecular weight is 299 g/mol. The second-order valence-electron chi connectivity index (χ2n) is 4.33. The maximum atomic E-state index is 10.1. The molecule has 7 heteroatoms. The lowest BCUT2D eigenvalue weighted by Gasteiger charge is -2.05. The van der Waals surface area contributed by atoms with Gasteiger partial charge in [0.2, 0.25) is 5.82 Å². The number of pyridine rings is 1. The lowest BCUT2D eigenvalue weighted by Crippen LogP contribution is -1.92. The van der Waals surface area contributed by atoms with Crippen LogP contribution < -0.4 is 9.47 Å². The predicted molar refractivity (Wildman–Crippen MR) is 77.7 cm³/mol. The van der Waals surface area contributed by atoms with Gasteiger partial charge in [-0.05, 0) is 24.3 Å². The van der Waals surface area contributed by atoms with Gasteiger partial charge in [0.25, 0.3) is 5.89 Å². The van der Waals surface area contributed by atoms with Crippen LogP contribution in [0.1, 0.15) is 0 Å². The van der Waals surface area contributed by atoms with E-state index in [0.29, 0.717) is 22.8 Å². The van der Waals surface area contributed by atoms with Gasteiger partial charge < -0.3 is 19.1 Å². The summed E-state index contributed by atoms with van der Waals surface area (Å²) in [5, 5.41) is 14.0. The van der Waals surface area contributed by atoms with Gasteiger partial charge in [-0.2, -0.15) is 4.98 Å². The van der Waals surface area contributed by atoms with Gasteiger partial charge in [0.15, 0.2) is 17.2 Å². The Balaban J connectivity index is 2.05. The zero-order chi connectivity index (χ0) is 15.5. The van der Waals surface area contributed by atoms with Crippen molar-refractivity contribution >= 4 is 0 Å². The van der Waals surface area contributed by atoms with Crippen LogP contribution in [0.3, 0.4) is 0 Å². The fourth-order valence-corrected chi connectivity index (χ4v) is 2.01. The molecular weight excluding hydrogens is 286 g/mol. The summed E-state index contributed by atoms with van der Waals surface area (Å²) in [6.45, 7) is 0. The number of aromatic nitrogens is 3. The summed E-state index contributed by atoms with van der Waals surface area (Å²) in [5.41, 5.74) is 0.843. The first kappa shape index (κ1) is 13.9. The molecule has 0 amide bonds. The topological polar surface area (TPSA) is 90.5 Å². The quantitative estimate of drug-likeness (QED) is 0.791. The van der Waals surface area contributed by atoms with E-state index in [4.69, 9.17) is 14.0 Å². The number of nitrogens with zero attached hydrogens (tertiary/aromatic N) is 3. The molecule has 112 valence electrons. The Morgan fingerprint density at radius 2 is 1.82 bits per heavy atom. The van der Waals surface area contributed by atoms with Crippen LogP contribution in [0.5, 0.6) is 17.2 Å². The van der Waals surface area contributed by atoms with Crippen LogP contribution in [0.2, 0.25) is 0 Å². The van der Waals surface area contributed by atoms with Crippen LogP contribution in [-0.2, 0) is 0 Å².